The first-order valence-electron chi connectivity index (χ1n) is 8.91. The third kappa shape index (κ3) is 4.95. The van der Waals surface area contributed by atoms with Crippen LogP contribution in [-0.4, -0.2) is 31.4 Å². The van der Waals surface area contributed by atoms with E-state index < -0.39 is 0 Å². The highest BCUT2D eigenvalue weighted by molar-refractivity contribution is 8.00. The zero-order valence-electron chi connectivity index (χ0n) is 15.7. The predicted octanol–water partition coefficient (Wildman–Crippen LogP) is 3.96. The fraction of sp³-hybridized carbons (Fsp3) is 0.300. The Balaban J connectivity index is 1.67. The topological polar surface area (TPSA) is 72.7 Å². The van der Waals surface area contributed by atoms with Crippen molar-refractivity contribution in [1.82, 2.24) is 20.2 Å². The Labute approximate surface area is 163 Å². The van der Waals surface area contributed by atoms with Gasteiger partial charge in [0.15, 0.2) is 0 Å². The second-order valence-corrected chi connectivity index (χ2v) is 7.90. The summed E-state index contributed by atoms with van der Waals surface area (Å²) in [5.74, 6) is 0.269. The number of amides is 1. The molecule has 1 amide bonds. The van der Waals surface area contributed by atoms with Crippen LogP contribution in [0.15, 0.2) is 59.8 Å². The number of para-hydroxylation sites is 1. The van der Waals surface area contributed by atoms with Gasteiger partial charge in [0.25, 0.3) is 0 Å². The molecular weight excluding hydrogens is 358 g/mol. The van der Waals surface area contributed by atoms with Gasteiger partial charge < -0.3 is 5.32 Å². The largest absolute Gasteiger partial charge is 0.325 e. The van der Waals surface area contributed by atoms with E-state index in [1.165, 1.54) is 11.8 Å². The van der Waals surface area contributed by atoms with Crippen molar-refractivity contribution in [3.05, 3.63) is 65.7 Å². The predicted molar refractivity (Wildman–Crippen MR) is 108 cm³/mol. The van der Waals surface area contributed by atoms with Gasteiger partial charge in [-0.05, 0) is 40.5 Å². The van der Waals surface area contributed by atoms with E-state index in [2.05, 4.69) is 34.7 Å². The molecule has 3 aromatic rings. The SMILES string of the molecule is CC(Sc1nnnn1Cc1ccccc1)C(=O)Nc1ccccc1C(C)C. The fourth-order valence-electron chi connectivity index (χ4n) is 2.70. The van der Waals surface area contributed by atoms with E-state index in [1.807, 2.05) is 61.5 Å². The summed E-state index contributed by atoms with van der Waals surface area (Å²) in [6.07, 6.45) is 0. The Kier molecular flexibility index (Phi) is 6.24. The molecule has 0 bridgehead atoms. The van der Waals surface area contributed by atoms with Crippen LogP contribution in [0.2, 0.25) is 0 Å². The lowest BCUT2D eigenvalue weighted by molar-refractivity contribution is -0.115. The number of carbonyl (C=O) groups is 1. The third-order valence-electron chi connectivity index (χ3n) is 4.17. The molecule has 0 aliphatic rings. The molecule has 2 aromatic carbocycles. The molecular formula is C20H23N5OS. The van der Waals surface area contributed by atoms with Gasteiger partial charge in [0.05, 0.1) is 11.8 Å². The molecule has 0 fully saturated rings. The van der Waals surface area contributed by atoms with Gasteiger partial charge in [-0.1, -0.05) is 74.1 Å². The Bertz CT molecular complexity index is 894. The van der Waals surface area contributed by atoms with Gasteiger partial charge in [0, 0.05) is 5.69 Å². The van der Waals surface area contributed by atoms with Gasteiger partial charge in [0.1, 0.15) is 0 Å². The molecule has 0 saturated carbocycles. The standard InChI is InChI=1S/C20H23N5OS/c1-14(2)17-11-7-8-12-18(17)21-19(26)15(3)27-20-22-23-24-25(20)13-16-9-5-4-6-10-16/h4-12,14-15H,13H2,1-3H3,(H,21,26). The Morgan fingerprint density at radius 1 is 1.07 bits per heavy atom. The number of thioether (sulfide) groups is 1. The number of aromatic nitrogens is 4. The van der Waals surface area contributed by atoms with Crippen molar-refractivity contribution in [3.8, 4) is 0 Å². The van der Waals surface area contributed by atoms with Crippen LogP contribution < -0.4 is 5.32 Å². The van der Waals surface area contributed by atoms with Crippen molar-refractivity contribution in [3.63, 3.8) is 0 Å². The number of rotatable bonds is 7. The molecule has 0 aliphatic carbocycles. The van der Waals surface area contributed by atoms with E-state index in [9.17, 15) is 4.79 Å². The molecule has 0 aliphatic heterocycles. The van der Waals surface area contributed by atoms with E-state index in [0.29, 0.717) is 17.6 Å². The van der Waals surface area contributed by atoms with Crippen molar-refractivity contribution in [2.24, 2.45) is 0 Å². The average Bonchev–Trinajstić information content (AvgIpc) is 3.09. The minimum absolute atomic E-state index is 0.0673. The van der Waals surface area contributed by atoms with Gasteiger partial charge in [0.2, 0.25) is 11.1 Å². The number of hydrogen-bond acceptors (Lipinski definition) is 5. The minimum Gasteiger partial charge on any atom is -0.325 e. The number of nitrogens with zero attached hydrogens (tertiary/aromatic N) is 4. The third-order valence-corrected chi connectivity index (χ3v) is 5.24. The average molecular weight is 382 g/mol. The second-order valence-electron chi connectivity index (χ2n) is 6.60. The molecule has 7 heteroatoms. The summed E-state index contributed by atoms with van der Waals surface area (Å²) in [4.78, 5) is 12.7. The molecule has 1 aromatic heterocycles. The molecule has 27 heavy (non-hydrogen) atoms. The summed E-state index contributed by atoms with van der Waals surface area (Å²) in [7, 11) is 0. The number of tetrazole rings is 1. The van der Waals surface area contributed by atoms with E-state index >= 15 is 0 Å². The maximum atomic E-state index is 12.7. The molecule has 1 heterocycles. The summed E-state index contributed by atoms with van der Waals surface area (Å²) in [5.41, 5.74) is 3.08. The van der Waals surface area contributed by atoms with Crippen LogP contribution in [0, 0.1) is 0 Å². The summed E-state index contributed by atoms with van der Waals surface area (Å²) < 4.78 is 1.71. The highest BCUT2D eigenvalue weighted by atomic mass is 32.2. The molecule has 0 radical (unpaired) electrons. The first-order chi connectivity index (χ1) is 13.0. The number of carbonyl (C=O) groups excluding carboxylic acids is 1. The zero-order chi connectivity index (χ0) is 19.2. The van der Waals surface area contributed by atoms with Crippen LogP contribution in [0.5, 0.6) is 0 Å². The maximum absolute atomic E-state index is 12.7. The lowest BCUT2D eigenvalue weighted by atomic mass is 10.0. The Morgan fingerprint density at radius 2 is 1.78 bits per heavy atom. The first-order valence-corrected chi connectivity index (χ1v) is 9.79. The summed E-state index contributed by atoms with van der Waals surface area (Å²) in [6.45, 7) is 6.65. The van der Waals surface area contributed by atoms with Gasteiger partial charge in [-0.3, -0.25) is 4.79 Å². The highest BCUT2D eigenvalue weighted by Gasteiger charge is 2.20. The highest BCUT2D eigenvalue weighted by Crippen LogP contribution is 2.26. The normalized spacial score (nSPS) is 12.1. The van der Waals surface area contributed by atoms with Crippen LogP contribution in [0.3, 0.4) is 0 Å². The van der Waals surface area contributed by atoms with Gasteiger partial charge >= 0.3 is 0 Å². The quantitative estimate of drug-likeness (QED) is 0.627. The smallest absolute Gasteiger partial charge is 0.237 e. The maximum Gasteiger partial charge on any atom is 0.237 e. The van der Waals surface area contributed by atoms with Crippen LogP contribution in [0.25, 0.3) is 0 Å². The molecule has 1 N–H and O–H groups in total. The van der Waals surface area contributed by atoms with Crippen LogP contribution >= 0.6 is 11.8 Å². The lowest BCUT2D eigenvalue weighted by Gasteiger charge is -2.16. The Morgan fingerprint density at radius 3 is 2.52 bits per heavy atom. The summed E-state index contributed by atoms with van der Waals surface area (Å²) >= 11 is 1.35. The fourth-order valence-corrected chi connectivity index (χ4v) is 3.49. The second kappa shape index (κ2) is 8.81. The van der Waals surface area contributed by atoms with E-state index in [4.69, 9.17) is 0 Å². The van der Waals surface area contributed by atoms with Crippen molar-refractivity contribution in [2.75, 3.05) is 5.32 Å². The van der Waals surface area contributed by atoms with Gasteiger partial charge in [-0.15, -0.1) is 5.10 Å². The molecule has 140 valence electrons. The number of nitrogens with one attached hydrogen (secondary N) is 1. The van der Waals surface area contributed by atoms with Gasteiger partial charge in [-0.2, -0.15) is 0 Å². The van der Waals surface area contributed by atoms with E-state index in [1.54, 1.807) is 4.68 Å². The monoisotopic (exact) mass is 381 g/mol. The van der Waals surface area contributed by atoms with Gasteiger partial charge in [-0.25, -0.2) is 4.68 Å². The van der Waals surface area contributed by atoms with Crippen molar-refractivity contribution in [1.29, 1.82) is 0 Å². The Hall–Kier alpha value is -2.67. The van der Waals surface area contributed by atoms with Crippen molar-refractivity contribution >= 4 is 23.4 Å². The van der Waals surface area contributed by atoms with Crippen LogP contribution in [0.4, 0.5) is 5.69 Å². The molecule has 1 unspecified atom stereocenters. The summed E-state index contributed by atoms with van der Waals surface area (Å²) in [6, 6.07) is 17.9. The van der Waals surface area contributed by atoms with Crippen LogP contribution in [-0.2, 0) is 11.3 Å². The summed E-state index contributed by atoms with van der Waals surface area (Å²) in [5, 5.41) is 15.2. The molecule has 1 atom stereocenters. The number of anilines is 1. The van der Waals surface area contributed by atoms with E-state index in [0.717, 1.165) is 16.8 Å². The zero-order valence-corrected chi connectivity index (χ0v) is 16.5. The van der Waals surface area contributed by atoms with E-state index in [-0.39, 0.29) is 11.2 Å². The number of benzene rings is 2. The van der Waals surface area contributed by atoms with Crippen molar-refractivity contribution < 1.29 is 4.79 Å². The first kappa shape index (κ1) is 19.1. The molecule has 0 spiro atoms. The molecule has 6 nitrogen and oxygen atoms in total. The number of hydrogen-bond donors (Lipinski definition) is 1. The van der Waals surface area contributed by atoms with Crippen molar-refractivity contribution in [2.45, 2.75) is 43.6 Å². The molecule has 3 rings (SSSR count). The minimum atomic E-state index is -0.328. The lowest BCUT2D eigenvalue weighted by Crippen LogP contribution is -2.23. The molecule has 0 saturated heterocycles. The van der Waals surface area contributed by atoms with Crippen LogP contribution in [0.1, 0.15) is 37.8 Å².